The van der Waals surface area contributed by atoms with E-state index in [0.29, 0.717) is 35.5 Å². The molecule has 0 bridgehead atoms. The van der Waals surface area contributed by atoms with Crippen LogP contribution in [0.3, 0.4) is 0 Å². The van der Waals surface area contributed by atoms with Gasteiger partial charge in [0, 0.05) is 6.42 Å². The van der Waals surface area contributed by atoms with Gasteiger partial charge in [-0.1, -0.05) is 20.8 Å². The number of aliphatic hydroxyl groups excluding tert-OH is 2. The van der Waals surface area contributed by atoms with Crippen molar-refractivity contribution in [2.45, 2.75) is 97.2 Å². The standard InChI is InChI=1S/C24H40O4/c1-14(4-7-21(27)28)17-5-6-18-22-19(9-11-24(17,18)3)23(2)10-8-16(25)12-15(23)13-20(22)26/h14-20,22,25-26H,4-13H2,1-3H3,(H,27,28)/t14-,15+,16-,17?,18?,19?,20+,22+,23+,24-/m1/s1. The molecule has 0 amide bonds. The fourth-order valence-electron chi connectivity index (χ4n) is 8.73. The van der Waals surface area contributed by atoms with E-state index in [0.717, 1.165) is 32.1 Å². The summed E-state index contributed by atoms with van der Waals surface area (Å²) >= 11 is 0. The Morgan fingerprint density at radius 2 is 1.68 bits per heavy atom. The average Bonchev–Trinajstić information content (AvgIpc) is 2.98. The molecule has 0 aliphatic heterocycles. The van der Waals surface area contributed by atoms with Crippen LogP contribution in [0.4, 0.5) is 0 Å². The van der Waals surface area contributed by atoms with E-state index in [1.165, 1.54) is 25.7 Å². The highest BCUT2D eigenvalue weighted by Crippen LogP contribution is 2.68. The maximum atomic E-state index is 11.2. The van der Waals surface area contributed by atoms with Gasteiger partial charge < -0.3 is 15.3 Å². The Morgan fingerprint density at radius 3 is 2.39 bits per heavy atom. The summed E-state index contributed by atoms with van der Waals surface area (Å²) in [6, 6.07) is 0. The normalized spacial score (nSPS) is 51.7. The Hall–Kier alpha value is -0.610. The van der Waals surface area contributed by atoms with Gasteiger partial charge in [0.05, 0.1) is 12.2 Å². The molecular formula is C24H40O4. The van der Waals surface area contributed by atoms with Crippen LogP contribution < -0.4 is 0 Å². The third-order valence-electron chi connectivity index (χ3n) is 10.2. The summed E-state index contributed by atoms with van der Waals surface area (Å²) in [5.41, 5.74) is 0.523. The Bertz CT molecular complexity index is 605. The highest BCUT2D eigenvalue weighted by atomic mass is 16.4. The molecule has 4 saturated carbocycles. The lowest BCUT2D eigenvalue weighted by atomic mass is 9.43. The first-order valence-corrected chi connectivity index (χ1v) is 11.7. The molecule has 0 aromatic rings. The number of hydrogen-bond acceptors (Lipinski definition) is 3. The lowest BCUT2D eigenvalue weighted by molar-refractivity contribution is -0.174. The third kappa shape index (κ3) is 3.14. The molecular weight excluding hydrogens is 352 g/mol. The van der Waals surface area contributed by atoms with E-state index in [-0.39, 0.29) is 29.5 Å². The van der Waals surface area contributed by atoms with E-state index in [1.54, 1.807) is 0 Å². The van der Waals surface area contributed by atoms with Gasteiger partial charge in [-0.3, -0.25) is 4.79 Å². The number of rotatable bonds is 4. The molecule has 4 rings (SSSR count). The van der Waals surface area contributed by atoms with E-state index in [2.05, 4.69) is 20.8 Å². The molecule has 4 fully saturated rings. The number of carbonyl (C=O) groups is 1. The third-order valence-corrected chi connectivity index (χ3v) is 10.2. The highest BCUT2D eigenvalue weighted by Gasteiger charge is 2.62. The van der Waals surface area contributed by atoms with E-state index in [1.807, 2.05) is 0 Å². The van der Waals surface area contributed by atoms with Crippen LogP contribution in [-0.4, -0.2) is 33.5 Å². The minimum Gasteiger partial charge on any atom is -0.481 e. The lowest BCUT2D eigenvalue weighted by Crippen LogP contribution is -2.58. The fraction of sp³-hybridized carbons (Fsp3) is 0.958. The molecule has 0 aromatic carbocycles. The van der Waals surface area contributed by atoms with Gasteiger partial charge in [0.15, 0.2) is 0 Å². The number of carboxylic acid groups (broad SMARTS) is 1. The maximum Gasteiger partial charge on any atom is 0.303 e. The van der Waals surface area contributed by atoms with Crippen molar-refractivity contribution in [3.05, 3.63) is 0 Å². The van der Waals surface area contributed by atoms with Crippen LogP contribution in [0.15, 0.2) is 0 Å². The summed E-state index contributed by atoms with van der Waals surface area (Å²) in [5, 5.41) is 30.5. The molecule has 0 aromatic heterocycles. The fourth-order valence-corrected chi connectivity index (χ4v) is 8.73. The van der Waals surface area contributed by atoms with Gasteiger partial charge in [-0.25, -0.2) is 0 Å². The zero-order valence-corrected chi connectivity index (χ0v) is 17.9. The molecule has 10 atom stereocenters. The molecule has 0 spiro atoms. The van der Waals surface area contributed by atoms with Gasteiger partial charge >= 0.3 is 5.97 Å². The van der Waals surface area contributed by atoms with Crippen molar-refractivity contribution in [2.75, 3.05) is 0 Å². The predicted molar refractivity (Wildman–Crippen MR) is 109 cm³/mol. The first kappa shape index (κ1) is 20.7. The van der Waals surface area contributed by atoms with E-state index in [4.69, 9.17) is 5.11 Å². The minimum absolute atomic E-state index is 0.179. The molecule has 28 heavy (non-hydrogen) atoms. The van der Waals surface area contributed by atoms with Crippen LogP contribution in [-0.2, 0) is 4.79 Å². The number of aliphatic carboxylic acids is 1. The molecule has 0 saturated heterocycles. The summed E-state index contributed by atoms with van der Waals surface area (Å²) in [7, 11) is 0. The number of carboxylic acids is 1. The second-order valence-electron chi connectivity index (χ2n) is 11.4. The summed E-state index contributed by atoms with van der Waals surface area (Å²) in [5.74, 6) is 2.36. The van der Waals surface area contributed by atoms with Gasteiger partial charge in [-0.2, -0.15) is 0 Å². The van der Waals surface area contributed by atoms with Crippen molar-refractivity contribution in [1.82, 2.24) is 0 Å². The van der Waals surface area contributed by atoms with Crippen LogP contribution in [0, 0.1) is 46.3 Å². The smallest absolute Gasteiger partial charge is 0.303 e. The van der Waals surface area contributed by atoms with Crippen molar-refractivity contribution in [1.29, 1.82) is 0 Å². The van der Waals surface area contributed by atoms with E-state index >= 15 is 0 Å². The van der Waals surface area contributed by atoms with E-state index < -0.39 is 5.97 Å². The van der Waals surface area contributed by atoms with Crippen molar-refractivity contribution in [3.63, 3.8) is 0 Å². The monoisotopic (exact) mass is 392 g/mol. The summed E-state index contributed by atoms with van der Waals surface area (Å²) in [6.07, 6.45) is 9.19. The van der Waals surface area contributed by atoms with Gasteiger partial charge in [-0.15, -0.1) is 0 Å². The molecule has 4 nitrogen and oxygen atoms in total. The zero-order valence-electron chi connectivity index (χ0n) is 17.9. The molecule has 4 aliphatic rings. The average molecular weight is 393 g/mol. The number of fused-ring (bicyclic) bond motifs is 5. The van der Waals surface area contributed by atoms with Crippen molar-refractivity contribution >= 4 is 5.97 Å². The maximum absolute atomic E-state index is 11.2. The van der Waals surface area contributed by atoms with Crippen LogP contribution in [0.5, 0.6) is 0 Å². The first-order valence-electron chi connectivity index (χ1n) is 11.7. The second-order valence-corrected chi connectivity index (χ2v) is 11.4. The largest absolute Gasteiger partial charge is 0.481 e. The van der Waals surface area contributed by atoms with Gasteiger partial charge in [0.1, 0.15) is 0 Å². The molecule has 3 N–H and O–H groups in total. The molecule has 3 unspecified atom stereocenters. The zero-order chi connectivity index (χ0) is 20.3. The molecule has 160 valence electrons. The van der Waals surface area contributed by atoms with Gasteiger partial charge in [0.2, 0.25) is 0 Å². The second kappa shape index (κ2) is 7.27. The van der Waals surface area contributed by atoms with Crippen molar-refractivity contribution in [2.24, 2.45) is 46.3 Å². The Morgan fingerprint density at radius 1 is 1.00 bits per heavy atom. The van der Waals surface area contributed by atoms with Crippen molar-refractivity contribution in [3.8, 4) is 0 Å². The Labute approximate surface area is 170 Å². The first-order chi connectivity index (χ1) is 13.2. The van der Waals surface area contributed by atoms with Gasteiger partial charge in [-0.05, 0) is 104 Å². The lowest BCUT2D eigenvalue weighted by Gasteiger charge is -2.62. The van der Waals surface area contributed by atoms with Crippen LogP contribution in [0.25, 0.3) is 0 Å². The molecule has 4 aliphatic carbocycles. The van der Waals surface area contributed by atoms with Gasteiger partial charge in [0.25, 0.3) is 0 Å². The summed E-state index contributed by atoms with van der Waals surface area (Å²) in [4.78, 5) is 11.1. The van der Waals surface area contributed by atoms with E-state index in [9.17, 15) is 15.0 Å². The predicted octanol–water partition coefficient (Wildman–Crippen LogP) is 4.48. The van der Waals surface area contributed by atoms with Crippen LogP contribution >= 0.6 is 0 Å². The minimum atomic E-state index is -0.684. The SMILES string of the molecule is C[C@H](CCC(=O)O)C1CCC2[C@H]3C(CC[C@@]21C)[C@@]1(C)CC[C@@H](O)C[C@H]1C[C@@H]3O. The van der Waals surface area contributed by atoms with Crippen molar-refractivity contribution < 1.29 is 20.1 Å². The summed E-state index contributed by atoms with van der Waals surface area (Å²) < 4.78 is 0. The topological polar surface area (TPSA) is 77.8 Å². The molecule has 4 heteroatoms. The molecule has 0 radical (unpaired) electrons. The highest BCUT2D eigenvalue weighted by molar-refractivity contribution is 5.66. The number of aliphatic hydroxyl groups is 2. The van der Waals surface area contributed by atoms with Crippen LogP contribution in [0.1, 0.15) is 85.0 Å². The Kier molecular flexibility index (Phi) is 5.36. The van der Waals surface area contributed by atoms with Crippen LogP contribution in [0.2, 0.25) is 0 Å². The number of hydrogen-bond donors (Lipinski definition) is 3. The quantitative estimate of drug-likeness (QED) is 0.659. The summed E-state index contributed by atoms with van der Waals surface area (Å²) in [6.45, 7) is 7.16. The molecule has 0 heterocycles. The Balaban J connectivity index is 1.55.